The van der Waals surface area contributed by atoms with Gasteiger partial charge in [-0.2, -0.15) is 0 Å². The molecule has 21 heavy (non-hydrogen) atoms. The molecule has 2 N–H and O–H groups in total. The van der Waals surface area contributed by atoms with Gasteiger partial charge in [-0.25, -0.2) is 0 Å². The van der Waals surface area contributed by atoms with Gasteiger partial charge in [-0.15, -0.1) is 0 Å². The van der Waals surface area contributed by atoms with Gasteiger partial charge >= 0.3 is 0 Å². The van der Waals surface area contributed by atoms with Gasteiger partial charge in [0.1, 0.15) is 11.9 Å². The van der Waals surface area contributed by atoms with E-state index in [2.05, 4.69) is 18.2 Å². The lowest BCUT2D eigenvalue weighted by molar-refractivity contribution is 0.214. The number of aryl methyl sites for hydroxylation is 2. The highest BCUT2D eigenvalue weighted by atomic mass is 35.5. The second-order valence-corrected chi connectivity index (χ2v) is 5.97. The van der Waals surface area contributed by atoms with Crippen LogP contribution in [-0.4, -0.2) is 6.54 Å². The lowest BCUT2D eigenvalue weighted by Gasteiger charge is -2.21. The maximum absolute atomic E-state index is 6.09. The van der Waals surface area contributed by atoms with Crippen molar-refractivity contribution in [1.82, 2.24) is 0 Å². The first-order valence-electron chi connectivity index (χ1n) is 7.50. The molecule has 0 aliphatic heterocycles. The Balaban J connectivity index is 1.79. The van der Waals surface area contributed by atoms with Crippen molar-refractivity contribution in [1.29, 1.82) is 0 Å². The molecule has 3 rings (SSSR count). The highest BCUT2D eigenvalue weighted by Gasteiger charge is 2.14. The quantitative estimate of drug-likeness (QED) is 0.914. The average Bonchev–Trinajstić information content (AvgIpc) is 2.53. The molecule has 0 fully saturated rings. The smallest absolute Gasteiger partial charge is 0.136 e. The minimum Gasteiger partial charge on any atom is -0.484 e. The van der Waals surface area contributed by atoms with Crippen LogP contribution in [0.4, 0.5) is 0 Å². The number of nitrogens with two attached hydrogens (primary N) is 1. The summed E-state index contributed by atoms with van der Waals surface area (Å²) in [6.45, 7) is 0.443. The Morgan fingerprint density at radius 3 is 2.43 bits per heavy atom. The standard InChI is InChI=1S/C18H20ClNO/c19-16-8-5-14(6-9-16)18(12-20)21-17-10-7-13-3-1-2-4-15(13)11-17/h5-11,18H,1-4,12,20H2. The van der Waals surface area contributed by atoms with E-state index in [4.69, 9.17) is 22.1 Å². The van der Waals surface area contributed by atoms with E-state index in [9.17, 15) is 0 Å². The topological polar surface area (TPSA) is 35.2 Å². The third-order valence-electron chi connectivity index (χ3n) is 4.05. The predicted octanol–water partition coefficient (Wildman–Crippen LogP) is 4.30. The molecule has 2 aromatic carbocycles. The number of hydrogen-bond donors (Lipinski definition) is 1. The Morgan fingerprint density at radius 2 is 1.71 bits per heavy atom. The summed E-state index contributed by atoms with van der Waals surface area (Å²) in [4.78, 5) is 0. The highest BCUT2D eigenvalue weighted by molar-refractivity contribution is 6.30. The second-order valence-electron chi connectivity index (χ2n) is 5.53. The number of benzene rings is 2. The third kappa shape index (κ3) is 3.39. The molecule has 0 radical (unpaired) electrons. The zero-order chi connectivity index (χ0) is 14.7. The Hall–Kier alpha value is -1.51. The summed E-state index contributed by atoms with van der Waals surface area (Å²) in [5.74, 6) is 0.904. The van der Waals surface area contributed by atoms with Gasteiger partial charge in [0, 0.05) is 11.6 Å². The molecule has 1 aliphatic rings. The van der Waals surface area contributed by atoms with Crippen molar-refractivity contribution in [2.24, 2.45) is 5.73 Å². The molecule has 0 bridgehead atoms. The van der Waals surface area contributed by atoms with Crippen molar-refractivity contribution in [3.05, 3.63) is 64.2 Å². The van der Waals surface area contributed by atoms with Crippen molar-refractivity contribution < 1.29 is 4.74 Å². The van der Waals surface area contributed by atoms with Crippen LogP contribution in [0.25, 0.3) is 0 Å². The summed E-state index contributed by atoms with van der Waals surface area (Å²) in [6.07, 6.45) is 4.77. The van der Waals surface area contributed by atoms with E-state index >= 15 is 0 Å². The minimum atomic E-state index is -0.135. The first-order valence-corrected chi connectivity index (χ1v) is 7.88. The minimum absolute atomic E-state index is 0.135. The zero-order valence-electron chi connectivity index (χ0n) is 12.0. The zero-order valence-corrected chi connectivity index (χ0v) is 12.8. The maximum atomic E-state index is 6.09. The molecule has 0 saturated heterocycles. The molecule has 1 atom stereocenters. The monoisotopic (exact) mass is 301 g/mol. The number of hydrogen-bond acceptors (Lipinski definition) is 2. The molecule has 0 heterocycles. The summed E-state index contributed by atoms with van der Waals surface area (Å²) in [7, 11) is 0. The van der Waals surface area contributed by atoms with Gasteiger partial charge in [-0.3, -0.25) is 0 Å². The molecule has 1 unspecified atom stereocenters. The number of fused-ring (bicyclic) bond motifs is 1. The first kappa shape index (κ1) is 14.4. The van der Waals surface area contributed by atoms with Crippen LogP contribution in [0, 0.1) is 0 Å². The van der Waals surface area contributed by atoms with Crippen molar-refractivity contribution in [3.63, 3.8) is 0 Å². The fraction of sp³-hybridized carbons (Fsp3) is 0.333. The van der Waals surface area contributed by atoms with Gasteiger partial charge < -0.3 is 10.5 Å². The van der Waals surface area contributed by atoms with Crippen LogP contribution in [0.3, 0.4) is 0 Å². The molecule has 3 heteroatoms. The Labute approximate surface area is 130 Å². The fourth-order valence-electron chi connectivity index (χ4n) is 2.88. The normalized spacial score (nSPS) is 15.3. The van der Waals surface area contributed by atoms with Gasteiger partial charge in [-0.1, -0.05) is 29.8 Å². The summed E-state index contributed by atoms with van der Waals surface area (Å²) >= 11 is 5.93. The van der Waals surface area contributed by atoms with Gasteiger partial charge in [0.15, 0.2) is 0 Å². The number of halogens is 1. The van der Waals surface area contributed by atoms with Gasteiger partial charge in [0.2, 0.25) is 0 Å². The first-order chi connectivity index (χ1) is 10.3. The third-order valence-corrected chi connectivity index (χ3v) is 4.31. The SMILES string of the molecule is NCC(Oc1ccc2c(c1)CCCC2)c1ccc(Cl)cc1. The van der Waals surface area contributed by atoms with E-state index in [1.165, 1.54) is 30.4 Å². The lowest BCUT2D eigenvalue weighted by Crippen LogP contribution is -2.18. The van der Waals surface area contributed by atoms with Crippen molar-refractivity contribution in [3.8, 4) is 5.75 Å². The molecular weight excluding hydrogens is 282 g/mol. The Morgan fingerprint density at radius 1 is 1.00 bits per heavy atom. The molecule has 110 valence electrons. The lowest BCUT2D eigenvalue weighted by atomic mass is 9.92. The Kier molecular flexibility index (Phi) is 4.47. The second kappa shape index (κ2) is 6.50. The molecular formula is C18H20ClNO. The number of ether oxygens (including phenoxy) is 1. The molecule has 2 aromatic rings. The Bertz CT molecular complexity index is 609. The highest BCUT2D eigenvalue weighted by Crippen LogP contribution is 2.28. The van der Waals surface area contributed by atoms with Crippen LogP contribution in [0.15, 0.2) is 42.5 Å². The van der Waals surface area contributed by atoms with Crippen LogP contribution in [-0.2, 0) is 12.8 Å². The predicted molar refractivity (Wildman–Crippen MR) is 87.0 cm³/mol. The maximum Gasteiger partial charge on any atom is 0.136 e. The van der Waals surface area contributed by atoms with Crippen LogP contribution < -0.4 is 10.5 Å². The molecule has 2 nitrogen and oxygen atoms in total. The van der Waals surface area contributed by atoms with E-state index in [0.29, 0.717) is 6.54 Å². The van der Waals surface area contributed by atoms with Gasteiger partial charge in [0.25, 0.3) is 0 Å². The van der Waals surface area contributed by atoms with Gasteiger partial charge in [0.05, 0.1) is 0 Å². The van der Waals surface area contributed by atoms with Crippen LogP contribution in [0.1, 0.15) is 35.6 Å². The summed E-state index contributed by atoms with van der Waals surface area (Å²) < 4.78 is 6.09. The molecule has 0 amide bonds. The van der Waals surface area contributed by atoms with Crippen LogP contribution in [0.5, 0.6) is 5.75 Å². The van der Waals surface area contributed by atoms with Crippen molar-refractivity contribution in [2.45, 2.75) is 31.8 Å². The van der Waals surface area contributed by atoms with Crippen LogP contribution >= 0.6 is 11.6 Å². The molecule has 0 spiro atoms. The summed E-state index contributed by atoms with van der Waals surface area (Å²) in [6, 6.07) is 14.1. The summed E-state index contributed by atoms with van der Waals surface area (Å²) in [5, 5.41) is 0.725. The fourth-order valence-corrected chi connectivity index (χ4v) is 3.00. The number of rotatable bonds is 4. The van der Waals surface area contributed by atoms with Crippen molar-refractivity contribution in [2.75, 3.05) is 6.54 Å². The summed E-state index contributed by atoms with van der Waals surface area (Å²) in [5.41, 5.74) is 9.81. The molecule has 1 aliphatic carbocycles. The van der Waals surface area contributed by atoms with E-state index in [1.54, 1.807) is 0 Å². The van der Waals surface area contributed by atoms with Gasteiger partial charge in [-0.05, 0) is 66.6 Å². The van der Waals surface area contributed by atoms with Crippen LogP contribution in [0.2, 0.25) is 5.02 Å². The largest absolute Gasteiger partial charge is 0.484 e. The van der Waals surface area contributed by atoms with Crippen molar-refractivity contribution >= 4 is 11.6 Å². The van der Waals surface area contributed by atoms with E-state index in [0.717, 1.165) is 22.8 Å². The van der Waals surface area contributed by atoms with E-state index < -0.39 is 0 Å². The van der Waals surface area contributed by atoms with E-state index in [-0.39, 0.29) is 6.10 Å². The molecule has 0 aromatic heterocycles. The molecule has 0 saturated carbocycles. The van der Waals surface area contributed by atoms with E-state index in [1.807, 2.05) is 24.3 Å². The average molecular weight is 302 g/mol.